The molecule has 2 amide bonds. The average Bonchev–Trinajstić information content (AvgIpc) is 2.66. The van der Waals surface area contributed by atoms with Crippen LogP contribution in [-0.2, 0) is 23.9 Å². The second-order valence-electron chi connectivity index (χ2n) is 6.89. The van der Waals surface area contributed by atoms with Gasteiger partial charge < -0.3 is 25.6 Å². The van der Waals surface area contributed by atoms with Gasteiger partial charge in [-0.05, 0) is 25.7 Å². The SMILES string of the molecule is CCCNC(=O)C(CC(=O)O)SC[C@H](NC(=O)COC1C#CCCCCC1)C(=O)O. The Bertz CT molecular complexity index is 659. The highest BCUT2D eigenvalue weighted by molar-refractivity contribution is 8.00. The maximum Gasteiger partial charge on any atom is 0.327 e. The number of ether oxygens (including phenoxy) is 1. The molecule has 0 aromatic carbocycles. The molecule has 30 heavy (non-hydrogen) atoms. The van der Waals surface area contributed by atoms with Gasteiger partial charge in [-0.1, -0.05) is 19.3 Å². The topological polar surface area (TPSA) is 142 Å². The summed E-state index contributed by atoms with van der Waals surface area (Å²) in [6.45, 7) is 1.94. The summed E-state index contributed by atoms with van der Waals surface area (Å²) in [5.74, 6) is 2.32. The summed E-state index contributed by atoms with van der Waals surface area (Å²) in [4.78, 5) is 46.7. The van der Waals surface area contributed by atoms with Gasteiger partial charge in [-0.25, -0.2) is 4.79 Å². The monoisotopic (exact) mass is 442 g/mol. The highest BCUT2D eigenvalue weighted by Gasteiger charge is 2.27. The van der Waals surface area contributed by atoms with Crippen molar-refractivity contribution in [2.75, 3.05) is 18.9 Å². The van der Waals surface area contributed by atoms with Crippen LogP contribution in [0.1, 0.15) is 51.9 Å². The Balaban J connectivity index is 2.56. The van der Waals surface area contributed by atoms with Gasteiger partial charge in [0, 0.05) is 18.7 Å². The molecule has 0 radical (unpaired) electrons. The highest BCUT2D eigenvalue weighted by atomic mass is 32.2. The van der Waals surface area contributed by atoms with Crippen molar-refractivity contribution in [3.05, 3.63) is 0 Å². The Hall–Kier alpha value is -2.25. The lowest BCUT2D eigenvalue weighted by molar-refractivity contribution is -0.142. The van der Waals surface area contributed by atoms with Gasteiger partial charge in [0.2, 0.25) is 11.8 Å². The first-order chi connectivity index (χ1) is 14.3. The zero-order valence-corrected chi connectivity index (χ0v) is 18.0. The van der Waals surface area contributed by atoms with Crippen molar-refractivity contribution >= 4 is 35.5 Å². The number of nitrogens with one attached hydrogen (secondary N) is 2. The third kappa shape index (κ3) is 11.1. The summed E-state index contributed by atoms with van der Waals surface area (Å²) < 4.78 is 5.49. The van der Waals surface area contributed by atoms with E-state index in [0.717, 1.165) is 43.9 Å². The Kier molecular flexibility index (Phi) is 12.6. The minimum atomic E-state index is -1.27. The van der Waals surface area contributed by atoms with Gasteiger partial charge in [-0.2, -0.15) is 0 Å². The van der Waals surface area contributed by atoms with E-state index >= 15 is 0 Å². The van der Waals surface area contributed by atoms with E-state index in [2.05, 4.69) is 22.5 Å². The van der Waals surface area contributed by atoms with Crippen LogP contribution in [0.2, 0.25) is 0 Å². The molecule has 0 saturated carbocycles. The zero-order chi connectivity index (χ0) is 22.4. The van der Waals surface area contributed by atoms with Crippen LogP contribution in [0.15, 0.2) is 0 Å². The molecule has 0 spiro atoms. The van der Waals surface area contributed by atoms with E-state index in [1.54, 1.807) is 0 Å². The molecule has 2 unspecified atom stereocenters. The summed E-state index contributed by atoms with van der Waals surface area (Å²) in [6, 6.07) is -1.27. The van der Waals surface area contributed by atoms with Crippen molar-refractivity contribution < 1.29 is 34.1 Å². The molecule has 0 aromatic heterocycles. The Morgan fingerprint density at radius 1 is 1.20 bits per heavy atom. The lowest BCUT2D eigenvalue weighted by Gasteiger charge is -2.19. The molecule has 4 N–H and O–H groups in total. The molecule has 0 heterocycles. The van der Waals surface area contributed by atoms with Crippen molar-refractivity contribution in [1.82, 2.24) is 10.6 Å². The van der Waals surface area contributed by atoms with Gasteiger partial charge in [0.25, 0.3) is 0 Å². The molecule has 0 fully saturated rings. The van der Waals surface area contributed by atoms with Gasteiger partial charge >= 0.3 is 11.9 Å². The Labute approximate surface area is 180 Å². The van der Waals surface area contributed by atoms with E-state index in [1.807, 2.05) is 6.92 Å². The number of rotatable bonds is 13. The first-order valence-corrected chi connectivity index (χ1v) is 11.1. The maximum absolute atomic E-state index is 12.1. The number of carboxylic acid groups (broad SMARTS) is 2. The smallest absolute Gasteiger partial charge is 0.327 e. The fraction of sp³-hybridized carbons (Fsp3) is 0.700. The van der Waals surface area contributed by atoms with Gasteiger partial charge in [-0.15, -0.1) is 17.7 Å². The molecule has 168 valence electrons. The summed E-state index contributed by atoms with van der Waals surface area (Å²) in [7, 11) is 0. The lowest BCUT2D eigenvalue weighted by Crippen LogP contribution is -2.45. The quantitative estimate of drug-likeness (QED) is 0.310. The normalized spacial score (nSPS) is 18.0. The van der Waals surface area contributed by atoms with Crippen molar-refractivity contribution in [3.8, 4) is 11.8 Å². The number of carbonyl (C=O) groups excluding carboxylic acids is 2. The third-order valence-electron chi connectivity index (χ3n) is 4.25. The van der Waals surface area contributed by atoms with Crippen LogP contribution in [0, 0.1) is 11.8 Å². The molecule has 1 rings (SSSR count). The zero-order valence-electron chi connectivity index (χ0n) is 17.1. The fourth-order valence-electron chi connectivity index (χ4n) is 2.65. The number of amides is 2. The van der Waals surface area contributed by atoms with Gasteiger partial charge in [0.1, 0.15) is 18.8 Å². The van der Waals surface area contributed by atoms with Gasteiger partial charge in [-0.3, -0.25) is 14.4 Å². The highest BCUT2D eigenvalue weighted by Crippen LogP contribution is 2.17. The molecule has 10 heteroatoms. The van der Waals surface area contributed by atoms with Crippen LogP contribution >= 0.6 is 11.8 Å². The number of hydrogen-bond acceptors (Lipinski definition) is 6. The van der Waals surface area contributed by atoms with Crippen molar-refractivity contribution in [3.63, 3.8) is 0 Å². The van der Waals surface area contributed by atoms with E-state index in [0.29, 0.717) is 13.0 Å². The standard InChI is InChI=1S/C20H30N2O7S/c1-2-10-21-19(26)16(11-18(24)25)30-13-15(20(27)28)22-17(23)12-29-14-8-6-4-3-5-7-9-14/h14-16H,2-6,8,10-13H2,1H3,(H,21,26)(H,22,23)(H,24,25)(H,27,28)/t14?,15-,16?/m0/s1. The molecule has 1 aliphatic rings. The van der Waals surface area contributed by atoms with Gasteiger partial charge in [0.15, 0.2) is 0 Å². The predicted molar refractivity (Wildman–Crippen MR) is 112 cm³/mol. The maximum atomic E-state index is 12.1. The first kappa shape index (κ1) is 25.8. The van der Waals surface area contributed by atoms with Crippen LogP contribution < -0.4 is 10.6 Å². The van der Waals surface area contributed by atoms with E-state index in [4.69, 9.17) is 9.84 Å². The number of aliphatic carboxylic acids is 2. The van der Waals surface area contributed by atoms with E-state index in [9.17, 15) is 24.3 Å². The van der Waals surface area contributed by atoms with Crippen LogP contribution in [0.5, 0.6) is 0 Å². The second kappa shape index (κ2) is 14.7. The molecule has 0 bridgehead atoms. The number of hydrogen-bond donors (Lipinski definition) is 4. The van der Waals surface area contributed by atoms with Gasteiger partial charge in [0.05, 0.1) is 11.7 Å². The van der Waals surface area contributed by atoms with Crippen LogP contribution in [0.25, 0.3) is 0 Å². The largest absolute Gasteiger partial charge is 0.481 e. The third-order valence-corrected chi connectivity index (χ3v) is 5.55. The molecule has 1 aliphatic carbocycles. The molecule has 0 aromatic rings. The molecular weight excluding hydrogens is 412 g/mol. The molecule has 3 atom stereocenters. The molecule has 0 saturated heterocycles. The van der Waals surface area contributed by atoms with E-state index in [-0.39, 0.29) is 18.5 Å². The van der Waals surface area contributed by atoms with Crippen LogP contribution in [0.3, 0.4) is 0 Å². The fourth-order valence-corrected chi connectivity index (χ4v) is 3.80. The van der Waals surface area contributed by atoms with Crippen molar-refractivity contribution in [2.45, 2.75) is 69.3 Å². The van der Waals surface area contributed by atoms with Crippen LogP contribution in [0.4, 0.5) is 0 Å². The van der Waals surface area contributed by atoms with Crippen molar-refractivity contribution in [2.24, 2.45) is 0 Å². The van der Waals surface area contributed by atoms with Crippen molar-refractivity contribution in [1.29, 1.82) is 0 Å². The molecular formula is C20H30N2O7S. The van der Waals surface area contributed by atoms with Crippen LogP contribution in [-0.4, -0.2) is 70.3 Å². The first-order valence-electron chi connectivity index (χ1n) is 10.1. The number of thioether (sulfide) groups is 1. The summed E-state index contributed by atoms with van der Waals surface area (Å²) in [5, 5.41) is 22.4. The van der Waals surface area contributed by atoms with E-state index < -0.39 is 41.5 Å². The molecule has 9 nitrogen and oxygen atoms in total. The minimum absolute atomic E-state index is 0.151. The number of carbonyl (C=O) groups is 4. The summed E-state index contributed by atoms with van der Waals surface area (Å²) in [6.07, 6.45) is 4.49. The number of carboxylic acids is 2. The summed E-state index contributed by atoms with van der Waals surface area (Å²) in [5.41, 5.74) is 0. The molecule has 0 aliphatic heterocycles. The predicted octanol–water partition coefficient (Wildman–Crippen LogP) is 1.01. The lowest BCUT2D eigenvalue weighted by atomic mass is 10.1. The Morgan fingerprint density at radius 3 is 2.63 bits per heavy atom. The Morgan fingerprint density at radius 2 is 1.97 bits per heavy atom. The average molecular weight is 443 g/mol. The second-order valence-corrected chi connectivity index (χ2v) is 8.13. The minimum Gasteiger partial charge on any atom is -0.481 e. The summed E-state index contributed by atoms with van der Waals surface area (Å²) >= 11 is 0.886. The van der Waals surface area contributed by atoms with E-state index in [1.165, 1.54) is 0 Å².